The van der Waals surface area contributed by atoms with Gasteiger partial charge < -0.3 is 13.9 Å². The van der Waals surface area contributed by atoms with Crippen LogP contribution in [0.2, 0.25) is 0 Å². The molecule has 0 bridgehead atoms. The molecule has 1 aliphatic heterocycles. The minimum atomic E-state index is 0.0160. The number of para-hydroxylation sites is 4. The van der Waals surface area contributed by atoms with Crippen molar-refractivity contribution in [2.45, 2.75) is 0 Å². The van der Waals surface area contributed by atoms with Crippen LogP contribution in [0.3, 0.4) is 0 Å². The molecule has 4 heteroatoms. The topological polar surface area (TPSA) is 13.1 Å². The predicted octanol–water partition coefficient (Wildman–Crippen LogP) is 12.5. The van der Waals surface area contributed by atoms with Crippen molar-refractivity contribution in [2.75, 3.05) is 4.81 Å². The number of anilines is 2. The van der Waals surface area contributed by atoms with Gasteiger partial charge in [-0.3, -0.25) is 0 Å². The number of benzene rings is 9. The van der Waals surface area contributed by atoms with Gasteiger partial charge in [0.05, 0.1) is 22.1 Å². The first-order chi connectivity index (χ1) is 28.8. The van der Waals surface area contributed by atoms with Crippen LogP contribution in [0.4, 0.5) is 11.4 Å². The Hall–Kier alpha value is -7.56. The number of fused-ring (bicyclic) bond motifs is 9. The van der Waals surface area contributed by atoms with Gasteiger partial charge in [0.1, 0.15) is 0 Å². The molecule has 11 aromatic rings. The molecule has 0 N–H and O–H groups in total. The van der Waals surface area contributed by atoms with Gasteiger partial charge in [0.25, 0.3) is 0 Å². The SMILES string of the molecule is c1ccc(B2c3ccccc3-c3ccccc3N2c2cccc(-n3c4ccccc4c4cc(-c5ccc6c(c5)c5ccccc5n6-c5ccccc5)ccc43)c2)cc1. The summed E-state index contributed by atoms with van der Waals surface area (Å²) in [6.07, 6.45) is 0. The minimum Gasteiger partial charge on any atom is -0.376 e. The molecule has 58 heavy (non-hydrogen) atoms. The summed E-state index contributed by atoms with van der Waals surface area (Å²) in [5.74, 6) is 0. The maximum Gasteiger partial charge on any atom is 0.328 e. The largest absolute Gasteiger partial charge is 0.376 e. The van der Waals surface area contributed by atoms with Crippen LogP contribution in [0.25, 0.3) is 77.2 Å². The predicted molar refractivity (Wildman–Crippen MR) is 246 cm³/mol. The first-order valence-electron chi connectivity index (χ1n) is 20.1. The van der Waals surface area contributed by atoms with E-state index in [1.165, 1.54) is 88.2 Å². The quantitative estimate of drug-likeness (QED) is 0.160. The zero-order chi connectivity index (χ0) is 38.2. The van der Waals surface area contributed by atoms with E-state index in [4.69, 9.17) is 0 Å². The van der Waals surface area contributed by atoms with Crippen LogP contribution in [-0.2, 0) is 0 Å². The van der Waals surface area contributed by atoms with Gasteiger partial charge in [0, 0.05) is 49.9 Å². The molecule has 0 saturated heterocycles. The van der Waals surface area contributed by atoms with Crippen molar-refractivity contribution in [2.24, 2.45) is 0 Å². The van der Waals surface area contributed by atoms with Crippen molar-refractivity contribution in [3.8, 4) is 33.6 Å². The van der Waals surface area contributed by atoms with Crippen molar-refractivity contribution in [1.29, 1.82) is 0 Å². The Kier molecular flexibility index (Phi) is 7.33. The number of hydrogen-bond acceptors (Lipinski definition) is 1. The average molecular weight is 738 g/mol. The molecule has 3 nitrogen and oxygen atoms in total. The molecule has 0 unspecified atom stereocenters. The molecule has 0 amide bonds. The lowest BCUT2D eigenvalue weighted by atomic mass is 9.46. The summed E-state index contributed by atoms with van der Waals surface area (Å²) in [7, 11) is 0. The maximum atomic E-state index is 2.54. The Balaban J connectivity index is 1.01. The third-order valence-electron chi connectivity index (χ3n) is 12.1. The molecule has 0 atom stereocenters. The van der Waals surface area contributed by atoms with Crippen LogP contribution in [0, 0.1) is 0 Å². The minimum absolute atomic E-state index is 0.0160. The number of aromatic nitrogens is 2. The third kappa shape index (κ3) is 4.95. The Labute approximate surface area is 337 Å². The van der Waals surface area contributed by atoms with Crippen molar-refractivity contribution < 1.29 is 0 Å². The summed E-state index contributed by atoms with van der Waals surface area (Å²) in [5, 5.41) is 5.00. The third-order valence-corrected chi connectivity index (χ3v) is 12.1. The highest BCUT2D eigenvalue weighted by Crippen LogP contribution is 2.42. The van der Waals surface area contributed by atoms with Crippen LogP contribution in [0.1, 0.15) is 0 Å². The summed E-state index contributed by atoms with van der Waals surface area (Å²) in [4.78, 5) is 2.54. The summed E-state index contributed by atoms with van der Waals surface area (Å²) in [6.45, 7) is 0.0160. The molecule has 3 heterocycles. The second-order valence-electron chi connectivity index (χ2n) is 15.3. The summed E-state index contributed by atoms with van der Waals surface area (Å²) >= 11 is 0. The molecule has 1 aliphatic rings. The van der Waals surface area contributed by atoms with Crippen molar-refractivity contribution >= 4 is 72.8 Å². The second-order valence-corrected chi connectivity index (χ2v) is 15.3. The van der Waals surface area contributed by atoms with Crippen LogP contribution in [-0.4, -0.2) is 16.0 Å². The molecule has 0 saturated carbocycles. The number of hydrogen-bond donors (Lipinski definition) is 0. The van der Waals surface area contributed by atoms with Crippen molar-refractivity contribution in [3.63, 3.8) is 0 Å². The highest BCUT2D eigenvalue weighted by molar-refractivity contribution is 6.90. The van der Waals surface area contributed by atoms with Gasteiger partial charge in [-0.15, -0.1) is 0 Å². The smallest absolute Gasteiger partial charge is 0.328 e. The lowest BCUT2D eigenvalue weighted by Crippen LogP contribution is -2.57. The molecule has 2 aromatic heterocycles. The van der Waals surface area contributed by atoms with E-state index >= 15 is 0 Å². The van der Waals surface area contributed by atoms with E-state index in [1.807, 2.05) is 0 Å². The Morgan fingerprint density at radius 1 is 0.310 bits per heavy atom. The molecule has 12 rings (SSSR count). The fraction of sp³-hybridized carbons (Fsp3) is 0. The first kappa shape index (κ1) is 32.7. The summed E-state index contributed by atoms with van der Waals surface area (Å²) < 4.78 is 4.82. The van der Waals surface area contributed by atoms with Gasteiger partial charge in [-0.1, -0.05) is 151 Å². The lowest BCUT2D eigenvalue weighted by Gasteiger charge is -2.39. The van der Waals surface area contributed by atoms with E-state index in [2.05, 4.69) is 232 Å². The monoisotopic (exact) mass is 737 g/mol. The van der Waals surface area contributed by atoms with Gasteiger partial charge in [0.15, 0.2) is 0 Å². The molecular weight excluding hydrogens is 701 g/mol. The molecule has 0 radical (unpaired) electrons. The molecular formula is C54H36BN3. The lowest BCUT2D eigenvalue weighted by molar-refractivity contribution is 1.17. The zero-order valence-corrected chi connectivity index (χ0v) is 31.7. The van der Waals surface area contributed by atoms with Gasteiger partial charge in [0.2, 0.25) is 0 Å². The molecule has 270 valence electrons. The Morgan fingerprint density at radius 3 is 1.50 bits per heavy atom. The van der Waals surface area contributed by atoms with E-state index in [0.29, 0.717) is 0 Å². The van der Waals surface area contributed by atoms with Gasteiger partial charge in [-0.05, 0) is 94.9 Å². The maximum absolute atomic E-state index is 2.54. The summed E-state index contributed by atoms with van der Waals surface area (Å²) in [5.41, 5.74) is 17.0. The highest BCUT2D eigenvalue weighted by atomic mass is 15.1. The summed E-state index contributed by atoms with van der Waals surface area (Å²) in [6, 6.07) is 80.0. The molecule has 0 spiro atoms. The molecule has 0 aliphatic carbocycles. The van der Waals surface area contributed by atoms with E-state index in [0.717, 1.165) is 11.4 Å². The first-order valence-corrected chi connectivity index (χ1v) is 20.1. The van der Waals surface area contributed by atoms with E-state index in [-0.39, 0.29) is 6.85 Å². The Morgan fingerprint density at radius 2 is 0.810 bits per heavy atom. The fourth-order valence-electron chi connectivity index (χ4n) is 9.64. The van der Waals surface area contributed by atoms with Gasteiger partial charge in [-0.2, -0.15) is 0 Å². The van der Waals surface area contributed by atoms with Gasteiger partial charge >= 0.3 is 6.85 Å². The molecule has 0 fully saturated rings. The van der Waals surface area contributed by atoms with Crippen LogP contribution >= 0.6 is 0 Å². The zero-order valence-electron chi connectivity index (χ0n) is 31.7. The van der Waals surface area contributed by atoms with Gasteiger partial charge in [-0.25, -0.2) is 0 Å². The van der Waals surface area contributed by atoms with E-state index in [9.17, 15) is 0 Å². The standard InChI is InChI=1S/C54H36BN3/c1-3-16-39(17-4-1)55-49-26-11-7-22-43(49)44-23-10-14-29-54(44)58(55)42-21-15-20-41(36-42)57-51-28-13-9-25-46(51)48-35-38(31-33-53(48)57)37-30-32-52-47(34-37)45-24-8-12-27-50(45)56(52)40-18-5-2-6-19-40/h1-36H. The second kappa shape index (κ2) is 13.0. The normalized spacial score (nSPS) is 12.4. The number of nitrogens with zero attached hydrogens (tertiary/aromatic N) is 3. The van der Waals surface area contributed by atoms with Crippen molar-refractivity contribution in [3.05, 3.63) is 218 Å². The van der Waals surface area contributed by atoms with Crippen LogP contribution in [0.5, 0.6) is 0 Å². The van der Waals surface area contributed by atoms with Crippen LogP contribution < -0.4 is 15.7 Å². The van der Waals surface area contributed by atoms with Crippen molar-refractivity contribution in [1.82, 2.24) is 9.13 Å². The van der Waals surface area contributed by atoms with E-state index in [1.54, 1.807) is 0 Å². The number of rotatable bonds is 5. The molecule has 9 aromatic carbocycles. The van der Waals surface area contributed by atoms with Crippen LogP contribution in [0.15, 0.2) is 218 Å². The van der Waals surface area contributed by atoms with E-state index < -0.39 is 0 Å². The Bertz CT molecular complexity index is 3360. The fourth-order valence-corrected chi connectivity index (χ4v) is 9.64. The highest BCUT2D eigenvalue weighted by Gasteiger charge is 2.36. The average Bonchev–Trinajstić information content (AvgIpc) is 3.81.